The molecule has 29 heavy (non-hydrogen) atoms. The fourth-order valence-corrected chi connectivity index (χ4v) is 2.72. The van der Waals surface area contributed by atoms with Gasteiger partial charge in [-0.05, 0) is 18.4 Å². The molecule has 10 heteroatoms. The molecule has 0 radical (unpaired) electrons. The van der Waals surface area contributed by atoms with Crippen LogP contribution in [-0.4, -0.2) is 34.0 Å². The van der Waals surface area contributed by atoms with Gasteiger partial charge in [0.15, 0.2) is 0 Å². The van der Waals surface area contributed by atoms with Crippen molar-refractivity contribution in [2.45, 2.75) is 39.9 Å². The van der Waals surface area contributed by atoms with Gasteiger partial charge in [0.1, 0.15) is 5.78 Å². The summed E-state index contributed by atoms with van der Waals surface area (Å²) in [5, 5.41) is 4.50. The Morgan fingerprint density at radius 3 is 2.28 bits per heavy atom. The second-order valence-electron chi connectivity index (χ2n) is 6.93. The maximum absolute atomic E-state index is 12.8. The van der Waals surface area contributed by atoms with Gasteiger partial charge in [-0.1, -0.05) is 43.3 Å². The Kier molecular flexibility index (Phi) is 7.12. The monoisotopic (exact) mass is 413 g/mol. The summed E-state index contributed by atoms with van der Waals surface area (Å²) >= 11 is 0. The summed E-state index contributed by atoms with van der Waals surface area (Å²) in [6.07, 6.45) is -4.59. The summed E-state index contributed by atoms with van der Waals surface area (Å²) in [4.78, 5) is 32.7. The summed E-state index contributed by atoms with van der Waals surface area (Å²) in [5.74, 6) is -2.56. The highest BCUT2D eigenvalue weighted by Crippen LogP contribution is 2.29. The van der Waals surface area contributed by atoms with E-state index in [1.165, 1.54) is 31.2 Å². The van der Waals surface area contributed by atoms with Gasteiger partial charge in [-0.15, -0.1) is 0 Å². The molecule has 1 aromatic heterocycles. The molecule has 1 heterocycles. The van der Waals surface area contributed by atoms with Crippen LogP contribution in [0.5, 0.6) is 0 Å². The molecule has 0 aliphatic heterocycles. The van der Waals surface area contributed by atoms with Crippen LogP contribution in [0.25, 0.3) is 11.4 Å². The van der Waals surface area contributed by atoms with Gasteiger partial charge in [-0.25, -0.2) is 5.06 Å². The SMILES string of the molecule is CON(Cc1ccc(-c2noc(C(F)(F)F)n2)cc1)C(=O)C(CC(C)=O)C(C)C. The largest absolute Gasteiger partial charge is 0.471 e. The summed E-state index contributed by atoms with van der Waals surface area (Å²) in [5.41, 5.74) is 1.01. The number of amides is 1. The topological polar surface area (TPSA) is 85.5 Å². The Bertz CT molecular complexity index is 847. The zero-order valence-electron chi connectivity index (χ0n) is 16.5. The molecule has 0 bridgehead atoms. The van der Waals surface area contributed by atoms with Crippen LogP contribution < -0.4 is 0 Å². The highest BCUT2D eigenvalue weighted by molar-refractivity contribution is 5.85. The molecule has 0 aliphatic rings. The number of halogens is 3. The lowest BCUT2D eigenvalue weighted by Gasteiger charge is -2.27. The highest BCUT2D eigenvalue weighted by Gasteiger charge is 2.38. The van der Waals surface area contributed by atoms with E-state index in [9.17, 15) is 22.8 Å². The normalized spacial score (nSPS) is 12.8. The molecule has 1 unspecified atom stereocenters. The van der Waals surface area contributed by atoms with Crippen molar-refractivity contribution in [2.75, 3.05) is 7.11 Å². The van der Waals surface area contributed by atoms with E-state index in [1.54, 1.807) is 12.1 Å². The van der Waals surface area contributed by atoms with Gasteiger partial charge < -0.3 is 9.32 Å². The first-order valence-corrected chi connectivity index (χ1v) is 8.88. The molecule has 2 rings (SSSR count). The van der Waals surface area contributed by atoms with Gasteiger partial charge in [0.2, 0.25) is 11.7 Å². The zero-order chi connectivity index (χ0) is 21.8. The number of benzene rings is 1. The van der Waals surface area contributed by atoms with Crippen LogP contribution in [0.3, 0.4) is 0 Å². The van der Waals surface area contributed by atoms with Gasteiger partial charge in [0.05, 0.1) is 13.7 Å². The van der Waals surface area contributed by atoms with Gasteiger partial charge in [0, 0.05) is 17.9 Å². The van der Waals surface area contributed by atoms with Crippen LogP contribution in [0.2, 0.25) is 0 Å². The molecule has 0 saturated carbocycles. The minimum Gasteiger partial charge on any atom is -0.329 e. The number of Topliss-reactive ketones (excluding diaryl/α,β-unsaturated/α-hetero) is 1. The van der Waals surface area contributed by atoms with Crippen LogP contribution in [0.1, 0.15) is 38.6 Å². The van der Waals surface area contributed by atoms with E-state index in [1.807, 2.05) is 13.8 Å². The van der Waals surface area contributed by atoms with E-state index in [0.717, 1.165) is 0 Å². The predicted molar refractivity (Wildman–Crippen MR) is 95.9 cm³/mol. The van der Waals surface area contributed by atoms with E-state index in [-0.39, 0.29) is 36.4 Å². The second-order valence-corrected chi connectivity index (χ2v) is 6.93. The summed E-state index contributed by atoms with van der Waals surface area (Å²) < 4.78 is 41.9. The number of hydrogen-bond donors (Lipinski definition) is 0. The lowest BCUT2D eigenvalue weighted by atomic mass is 9.90. The van der Waals surface area contributed by atoms with Crippen LogP contribution in [-0.2, 0) is 27.1 Å². The first-order chi connectivity index (χ1) is 13.5. The molecule has 0 fully saturated rings. The molecule has 7 nitrogen and oxygen atoms in total. The van der Waals surface area contributed by atoms with Gasteiger partial charge >= 0.3 is 12.1 Å². The average Bonchev–Trinajstić information content (AvgIpc) is 3.14. The molecule has 2 aromatic rings. The third-order valence-electron chi connectivity index (χ3n) is 4.30. The third kappa shape index (κ3) is 5.86. The van der Waals surface area contributed by atoms with Crippen molar-refractivity contribution in [1.29, 1.82) is 0 Å². The second kappa shape index (κ2) is 9.17. The van der Waals surface area contributed by atoms with E-state index < -0.39 is 18.0 Å². The molecule has 0 spiro atoms. The number of hydroxylamine groups is 2. The Labute approximate surface area is 165 Å². The van der Waals surface area contributed by atoms with E-state index in [4.69, 9.17) is 4.84 Å². The van der Waals surface area contributed by atoms with E-state index >= 15 is 0 Å². The number of nitrogens with zero attached hydrogens (tertiary/aromatic N) is 3. The molecule has 0 N–H and O–H groups in total. The number of alkyl halides is 3. The van der Waals surface area contributed by atoms with Crippen LogP contribution >= 0.6 is 0 Å². The van der Waals surface area contributed by atoms with E-state index in [2.05, 4.69) is 14.7 Å². The molecule has 158 valence electrons. The number of carbonyl (C=O) groups is 2. The van der Waals surface area contributed by atoms with Crippen molar-refractivity contribution in [3.63, 3.8) is 0 Å². The molecule has 1 amide bonds. The number of aromatic nitrogens is 2. The van der Waals surface area contributed by atoms with Crippen molar-refractivity contribution >= 4 is 11.7 Å². The molecule has 1 aromatic carbocycles. The fraction of sp³-hybridized carbons (Fsp3) is 0.474. The van der Waals surface area contributed by atoms with Crippen molar-refractivity contribution in [2.24, 2.45) is 11.8 Å². The third-order valence-corrected chi connectivity index (χ3v) is 4.30. The number of rotatable bonds is 8. The van der Waals surface area contributed by atoms with Gasteiger partial charge in [-0.2, -0.15) is 18.2 Å². The molecular weight excluding hydrogens is 391 g/mol. The zero-order valence-corrected chi connectivity index (χ0v) is 16.5. The summed E-state index contributed by atoms with van der Waals surface area (Å²) in [6.45, 7) is 5.25. The van der Waals surface area contributed by atoms with Crippen molar-refractivity contribution in [1.82, 2.24) is 15.2 Å². The lowest BCUT2D eigenvalue weighted by molar-refractivity contribution is -0.186. The Morgan fingerprint density at radius 2 is 1.83 bits per heavy atom. The Hall–Kier alpha value is -2.75. The molecule has 1 atom stereocenters. The first-order valence-electron chi connectivity index (χ1n) is 8.88. The van der Waals surface area contributed by atoms with Crippen molar-refractivity contribution in [3.05, 3.63) is 35.7 Å². The summed E-state index contributed by atoms with van der Waals surface area (Å²) in [7, 11) is 1.36. The van der Waals surface area contributed by atoms with Gasteiger partial charge in [0.25, 0.3) is 0 Å². The number of carbonyl (C=O) groups excluding carboxylic acids is 2. The van der Waals surface area contributed by atoms with Crippen molar-refractivity contribution in [3.8, 4) is 11.4 Å². The maximum atomic E-state index is 12.8. The van der Waals surface area contributed by atoms with Crippen LogP contribution in [0.15, 0.2) is 28.8 Å². The summed E-state index contributed by atoms with van der Waals surface area (Å²) in [6, 6.07) is 6.28. The van der Waals surface area contributed by atoms with E-state index in [0.29, 0.717) is 11.1 Å². The quantitative estimate of drug-likeness (QED) is 0.611. The van der Waals surface area contributed by atoms with Crippen molar-refractivity contribution < 1.29 is 32.1 Å². The standard InChI is InChI=1S/C19H22F3N3O4/c1-11(2)15(9-12(3)26)17(27)25(28-4)10-13-5-7-14(8-6-13)16-23-18(29-24-16)19(20,21)22/h5-8,11,15H,9-10H2,1-4H3. The van der Waals surface area contributed by atoms with Crippen LogP contribution in [0.4, 0.5) is 13.2 Å². The highest BCUT2D eigenvalue weighted by atomic mass is 19.4. The van der Waals surface area contributed by atoms with Crippen LogP contribution in [0, 0.1) is 11.8 Å². The number of ketones is 1. The predicted octanol–water partition coefficient (Wildman–Crippen LogP) is 3.90. The first kappa shape index (κ1) is 22.5. The molecule has 0 aliphatic carbocycles. The maximum Gasteiger partial charge on any atom is 0.471 e. The number of hydrogen-bond acceptors (Lipinski definition) is 6. The smallest absolute Gasteiger partial charge is 0.329 e. The molecule has 0 saturated heterocycles. The fourth-order valence-electron chi connectivity index (χ4n) is 2.72. The Balaban J connectivity index is 2.13. The average molecular weight is 413 g/mol. The molecular formula is C19H22F3N3O4. The lowest BCUT2D eigenvalue weighted by Crippen LogP contribution is -2.38. The minimum absolute atomic E-state index is 0.0486. The minimum atomic E-state index is -4.71. The Morgan fingerprint density at radius 1 is 1.21 bits per heavy atom. The van der Waals surface area contributed by atoms with Gasteiger partial charge in [-0.3, -0.25) is 9.63 Å².